The molecule has 3 aromatic rings. The number of aryl methyl sites for hydroxylation is 1. The molecule has 9 heteroatoms. The number of allylic oxidation sites excluding steroid dienone is 1. The summed E-state index contributed by atoms with van der Waals surface area (Å²) in [5, 5.41) is 12.1. The zero-order chi connectivity index (χ0) is 20.9. The van der Waals surface area contributed by atoms with Crippen molar-refractivity contribution < 1.29 is 0 Å². The molecule has 3 aromatic heterocycles. The minimum Gasteiger partial charge on any atom is -0.331 e. The lowest BCUT2D eigenvalue weighted by Gasteiger charge is -2.25. The number of aromatic nitrogens is 5. The number of nitrogens with zero attached hydrogens (tertiary/aromatic N) is 6. The fraction of sp³-hybridized carbons (Fsp3) is 0.429. The highest BCUT2D eigenvalue weighted by Crippen LogP contribution is 2.30. The van der Waals surface area contributed by atoms with Gasteiger partial charge in [-0.3, -0.25) is 9.08 Å². The Morgan fingerprint density at radius 1 is 1.17 bits per heavy atom. The maximum Gasteiger partial charge on any atom is 0.180 e. The number of fused-ring (bicyclic) bond motifs is 1. The van der Waals surface area contributed by atoms with Gasteiger partial charge in [0.15, 0.2) is 11.5 Å². The van der Waals surface area contributed by atoms with Gasteiger partial charge in [0.2, 0.25) is 0 Å². The van der Waals surface area contributed by atoms with E-state index < -0.39 is 0 Å². The zero-order valence-electron chi connectivity index (χ0n) is 17.7. The van der Waals surface area contributed by atoms with Crippen molar-refractivity contribution in [2.24, 2.45) is 17.4 Å². The van der Waals surface area contributed by atoms with Gasteiger partial charge in [-0.2, -0.15) is 5.10 Å². The third-order valence-electron chi connectivity index (χ3n) is 5.24. The third kappa shape index (κ3) is 4.27. The molecule has 2 N–H and O–H groups in total. The van der Waals surface area contributed by atoms with Gasteiger partial charge in [-0.25, -0.2) is 14.4 Å². The van der Waals surface area contributed by atoms with Gasteiger partial charge in [0.25, 0.3) is 0 Å². The number of anilines is 1. The Labute approximate surface area is 181 Å². The first-order valence-corrected chi connectivity index (χ1v) is 11.3. The van der Waals surface area contributed by atoms with Crippen molar-refractivity contribution in [3.05, 3.63) is 42.1 Å². The van der Waals surface area contributed by atoms with E-state index in [1.807, 2.05) is 50.1 Å². The third-order valence-corrected chi connectivity index (χ3v) is 6.03. The lowest BCUT2D eigenvalue weighted by atomic mass is 9.91. The van der Waals surface area contributed by atoms with Crippen LogP contribution in [0.3, 0.4) is 0 Å². The van der Waals surface area contributed by atoms with Crippen LogP contribution in [0, 0.1) is 5.92 Å². The van der Waals surface area contributed by atoms with E-state index in [4.69, 9.17) is 4.40 Å². The molecule has 158 valence electrons. The van der Waals surface area contributed by atoms with E-state index in [1.54, 1.807) is 10.9 Å². The Balaban J connectivity index is 0.00000106. The normalized spacial score (nSPS) is 17.2. The molecule has 0 atom stereocenters. The predicted octanol–water partition coefficient (Wildman–Crippen LogP) is 3.90. The maximum atomic E-state index is 4.78. The smallest absolute Gasteiger partial charge is 0.180 e. The number of hydrogen-bond donors (Lipinski definition) is 2. The Bertz CT molecular complexity index is 1060. The summed E-state index contributed by atoms with van der Waals surface area (Å²) in [6.45, 7) is 6.18. The molecule has 8 nitrogen and oxygen atoms in total. The molecule has 0 amide bonds. The van der Waals surface area contributed by atoms with Crippen LogP contribution >= 0.6 is 11.9 Å². The van der Waals surface area contributed by atoms with Crippen molar-refractivity contribution in [2.45, 2.75) is 33.1 Å². The van der Waals surface area contributed by atoms with Gasteiger partial charge in [-0.05, 0) is 32.0 Å². The summed E-state index contributed by atoms with van der Waals surface area (Å²) in [4.78, 5) is 9.08. The fourth-order valence-electron chi connectivity index (χ4n) is 3.74. The van der Waals surface area contributed by atoms with Crippen molar-refractivity contribution in [3.8, 4) is 11.3 Å². The molecule has 0 spiro atoms. The monoisotopic (exact) mass is 424 g/mol. The van der Waals surface area contributed by atoms with Gasteiger partial charge in [0.05, 0.1) is 23.1 Å². The van der Waals surface area contributed by atoms with Crippen molar-refractivity contribution in [1.29, 1.82) is 0 Å². The van der Waals surface area contributed by atoms with Gasteiger partial charge in [-0.15, -0.1) is 0 Å². The molecule has 0 saturated carbocycles. The molecule has 2 aliphatic rings. The molecule has 0 unspecified atom stereocenters. The van der Waals surface area contributed by atoms with Gasteiger partial charge in [0.1, 0.15) is 0 Å². The molecular formula is C21H28N8S. The number of piperidine rings is 1. The Kier molecular flexibility index (Phi) is 6.49. The van der Waals surface area contributed by atoms with Crippen LogP contribution in [-0.4, -0.2) is 43.0 Å². The predicted molar refractivity (Wildman–Crippen MR) is 123 cm³/mol. The second-order valence-electron chi connectivity index (χ2n) is 7.11. The molecule has 2 aliphatic heterocycles. The SMILES string of the molecule is CC.Cn1cc(-c2cnc3c(NC4=CCC(C5CCNCC5)=NS4)nccn23)cn1. The van der Waals surface area contributed by atoms with Gasteiger partial charge < -0.3 is 10.6 Å². The van der Waals surface area contributed by atoms with E-state index in [0.29, 0.717) is 5.92 Å². The molecule has 0 aromatic carbocycles. The molecule has 5 heterocycles. The summed E-state index contributed by atoms with van der Waals surface area (Å²) >= 11 is 1.50. The molecule has 1 saturated heterocycles. The summed E-state index contributed by atoms with van der Waals surface area (Å²) in [6, 6.07) is 0. The van der Waals surface area contributed by atoms with Gasteiger partial charge in [-0.1, -0.05) is 13.8 Å². The Morgan fingerprint density at radius 2 is 2.00 bits per heavy atom. The van der Waals surface area contributed by atoms with Crippen LogP contribution in [0.1, 0.15) is 33.1 Å². The first-order valence-electron chi connectivity index (χ1n) is 10.5. The van der Waals surface area contributed by atoms with E-state index in [0.717, 1.165) is 47.3 Å². The molecule has 1 fully saturated rings. The molecule has 0 aliphatic carbocycles. The van der Waals surface area contributed by atoms with Crippen LogP contribution in [0.5, 0.6) is 0 Å². The van der Waals surface area contributed by atoms with Crippen LogP contribution in [-0.2, 0) is 7.05 Å². The number of nitrogens with one attached hydrogen (secondary N) is 2. The van der Waals surface area contributed by atoms with Crippen molar-refractivity contribution >= 4 is 29.1 Å². The van der Waals surface area contributed by atoms with Crippen molar-refractivity contribution in [2.75, 3.05) is 18.4 Å². The summed E-state index contributed by atoms with van der Waals surface area (Å²) in [6.07, 6.45) is 14.9. The summed E-state index contributed by atoms with van der Waals surface area (Å²) in [5.41, 5.74) is 4.11. The van der Waals surface area contributed by atoms with Gasteiger partial charge >= 0.3 is 0 Å². The van der Waals surface area contributed by atoms with Crippen molar-refractivity contribution in [3.63, 3.8) is 0 Å². The van der Waals surface area contributed by atoms with Crippen LogP contribution in [0.15, 0.2) is 46.5 Å². The summed E-state index contributed by atoms with van der Waals surface area (Å²) in [7, 11) is 1.91. The molecular weight excluding hydrogens is 396 g/mol. The van der Waals surface area contributed by atoms with E-state index in [9.17, 15) is 0 Å². The number of imidazole rings is 1. The van der Waals surface area contributed by atoms with Crippen LogP contribution in [0.4, 0.5) is 5.82 Å². The topological polar surface area (TPSA) is 84.4 Å². The quantitative estimate of drug-likeness (QED) is 0.618. The highest BCUT2D eigenvalue weighted by Gasteiger charge is 2.21. The molecule has 0 bridgehead atoms. The second kappa shape index (κ2) is 9.44. The zero-order valence-corrected chi connectivity index (χ0v) is 18.5. The van der Waals surface area contributed by atoms with E-state index in [1.165, 1.54) is 30.5 Å². The molecule has 5 rings (SSSR count). The Morgan fingerprint density at radius 3 is 2.70 bits per heavy atom. The van der Waals surface area contributed by atoms with Crippen LogP contribution in [0.2, 0.25) is 0 Å². The van der Waals surface area contributed by atoms with E-state index in [2.05, 4.69) is 31.8 Å². The van der Waals surface area contributed by atoms with Crippen LogP contribution in [0.25, 0.3) is 16.9 Å². The summed E-state index contributed by atoms with van der Waals surface area (Å²) < 4.78 is 8.60. The number of rotatable bonds is 4. The first kappa shape index (κ1) is 20.6. The average molecular weight is 425 g/mol. The Hall–Kier alpha value is -2.65. The standard InChI is InChI=1S/C19H22N8S.C2H6/c1-26-12-14(10-23-26)16-11-22-19-18(21-8-9-27(16)19)24-17-3-2-15(25-28-17)13-4-6-20-7-5-13;1-2/h3,8-13,20H,2,4-7H2,1H3,(H,21,24);1-2H3. The first-order chi connectivity index (χ1) is 14.8. The lowest BCUT2D eigenvalue weighted by molar-refractivity contribution is 0.454. The van der Waals surface area contributed by atoms with Crippen LogP contribution < -0.4 is 10.6 Å². The van der Waals surface area contributed by atoms with E-state index >= 15 is 0 Å². The van der Waals surface area contributed by atoms with E-state index in [-0.39, 0.29) is 0 Å². The van der Waals surface area contributed by atoms with Crippen molar-refractivity contribution in [1.82, 2.24) is 29.5 Å². The highest BCUT2D eigenvalue weighted by molar-refractivity contribution is 8.02. The maximum absolute atomic E-state index is 4.78. The fourth-order valence-corrected chi connectivity index (χ4v) is 4.48. The summed E-state index contributed by atoms with van der Waals surface area (Å²) in [5.74, 6) is 1.35. The average Bonchev–Trinajstić information content (AvgIpc) is 3.43. The highest BCUT2D eigenvalue weighted by atomic mass is 32.2. The lowest BCUT2D eigenvalue weighted by Crippen LogP contribution is -2.32. The largest absolute Gasteiger partial charge is 0.331 e. The minimum atomic E-state index is 0.613. The molecule has 30 heavy (non-hydrogen) atoms. The molecule has 0 radical (unpaired) electrons. The second-order valence-corrected chi connectivity index (χ2v) is 7.92. The van der Waals surface area contributed by atoms with Gasteiger partial charge in [0, 0.05) is 61.2 Å². The minimum absolute atomic E-state index is 0.613. The number of hydrogen-bond acceptors (Lipinski definition) is 7.